The second kappa shape index (κ2) is 5.33. The number of nitrogens with two attached hydrogens (primary N) is 1. The number of hydrogen-bond acceptors (Lipinski definition) is 3. The van der Waals surface area contributed by atoms with Crippen LogP contribution in [0.4, 0.5) is 0 Å². The summed E-state index contributed by atoms with van der Waals surface area (Å²) >= 11 is 0. The quantitative estimate of drug-likeness (QED) is 0.859. The Balaban J connectivity index is 1.68. The second-order valence-electron chi connectivity index (χ2n) is 5.69. The fraction of sp³-hybridized carbons (Fsp3) is 0.714. The van der Waals surface area contributed by atoms with Gasteiger partial charge in [0.2, 0.25) is 5.91 Å². The Labute approximate surface area is 113 Å². The molecule has 104 valence electrons. The normalized spacial score (nSPS) is 20.8. The van der Waals surface area contributed by atoms with E-state index in [1.807, 2.05) is 17.4 Å². The van der Waals surface area contributed by atoms with Crippen LogP contribution < -0.4 is 5.73 Å². The van der Waals surface area contributed by atoms with Crippen LogP contribution in [-0.2, 0) is 11.2 Å². The summed E-state index contributed by atoms with van der Waals surface area (Å²) in [5, 5.41) is 0. The zero-order valence-electron chi connectivity index (χ0n) is 11.3. The molecule has 1 unspecified atom stereocenters. The van der Waals surface area contributed by atoms with E-state index in [2.05, 4.69) is 9.55 Å². The lowest BCUT2D eigenvalue weighted by Crippen LogP contribution is -2.38. The molecule has 1 aliphatic carbocycles. The van der Waals surface area contributed by atoms with Gasteiger partial charge in [-0.2, -0.15) is 0 Å². The maximum Gasteiger partial charge on any atom is 0.227 e. The highest BCUT2D eigenvalue weighted by Crippen LogP contribution is 2.36. The number of carbonyl (C=O) groups excluding carboxylic acids is 1. The SMILES string of the molecule is NCC(Cc1cncn1C1CC1)C(=O)N1CCCC1. The fourth-order valence-electron chi connectivity index (χ4n) is 2.89. The number of amides is 1. The third-order valence-corrected chi connectivity index (χ3v) is 4.19. The van der Waals surface area contributed by atoms with Crippen molar-refractivity contribution in [2.75, 3.05) is 19.6 Å². The van der Waals surface area contributed by atoms with Gasteiger partial charge in [0.15, 0.2) is 0 Å². The molecule has 0 spiro atoms. The van der Waals surface area contributed by atoms with E-state index in [1.165, 1.54) is 12.8 Å². The van der Waals surface area contributed by atoms with E-state index in [0.717, 1.165) is 38.0 Å². The molecule has 5 heteroatoms. The molecular weight excluding hydrogens is 240 g/mol. The van der Waals surface area contributed by atoms with Gasteiger partial charge in [-0.15, -0.1) is 0 Å². The molecule has 0 bridgehead atoms. The highest BCUT2D eigenvalue weighted by Gasteiger charge is 2.29. The number of likely N-dealkylation sites (tertiary alicyclic amines) is 1. The molecular formula is C14H22N4O. The number of nitrogens with zero attached hydrogens (tertiary/aromatic N) is 3. The molecule has 1 atom stereocenters. The van der Waals surface area contributed by atoms with Crippen LogP contribution in [-0.4, -0.2) is 40.0 Å². The summed E-state index contributed by atoms with van der Waals surface area (Å²) in [6.07, 6.45) is 9.22. The molecule has 1 saturated carbocycles. The Morgan fingerprint density at radius 2 is 2.16 bits per heavy atom. The minimum absolute atomic E-state index is 0.0905. The molecule has 1 aromatic rings. The van der Waals surface area contributed by atoms with Gasteiger partial charge in [0.1, 0.15) is 0 Å². The highest BCUT2D eigenvalue weighted by atomic mass is 16.2. The van der Waals surface area contributed by atoms with Crippen molar-refractivity contribution in [1.29, 1.82) is 0 Å². The van der Waals surface area contributed by atoms with Crippen LogP contribution in [0.25, 0.3) is 0 Å². The molecule has 2 fully saturated rings. The van der Waals surface area contributed by atoms with Crippen LogP contribution >= 0.6 is 0 Å². The molecule has 3 rings (SSSR count). The van der Waals surface area contributed by atoms with Gasteiger partial charge in [-0.05, 0) is 25.7 Å². The van der Waals surface area contributed by atoms with Crippen molar-refractivity contribution in [3.8, 4) is 0 Å². The van der Waals surface area contributed by atoms with Gasteiger partial charge < -0.3 is 15.2 Å². The van der Waals surface area contributed by atoms with Gasteiger partial charge in [0.25, 0.3) is 0 Å². The molecule has 19 heavy (non-hydrogen) atoms. The van der Waals surface area contributed by atoms with Gasteiger partial charge in [-0.1, -0.05) is 0 Å². The molecule has 0 aromatic carbocycles. The lowest BCUT2D eigenvalue weighted by Gasteiger charge is -2.22. The highest BCUT2D eigenvalue weighted by molar-refractivity contribution is 5.79. The number of hydrogen-bond donors (Lipinski definition) is 1. The van der Waals surface area contributed by atoms with Crippen molar-refractivity contribution in [1.82, 2.24) is 14.5 Å². The zero-order chi connectivity index (χ0) is 13.2. The van der Waals surface area contributed by atoms with E-state index >= 15 is 0 Å². The van der Waals surface area contributed by atoms with Gasteiger partial charge >= 0.3 is 0 Å². The monoisotopic (exact) mass is 262 g/mol. The maximum atomic E-state index is 12.4. The van der Waals surface area contributed by atoms with E-state index in [-0.39, 0.29) is 11.8 Å². The summed E-state index contributed by atoms with van der Waals surface area (Å²) in [5.41, 5.74) is 6.98. The summed E-state index contributed by atoms with van der Waals surface area (Å²) < 4.78 is 2.22. The van der Waals surface area contributed by atoms with Gasteiger partial charge in [-0.3, -0.25) is 4.79 Å². The average Bonchev–Trinajstić information content (AvgIpc) is 2.95. The first-order valence-electron chi connectivity index (χ1n) is 7.29. The first kappa shape index (κ1) is 12.7. The molecule has 5 nitrogen and oxygen atoms in total. The minimum atomic E-state index is -0.0905. The molecule has 2 aliphatic rings. The van der Waals surface area contributed by atoms with Crippen LogP contribution in [0.15, 0.2) is 12.5 Å². The molecule has 2 N–H and O–H groups in total. The Hall–Kier alpha value is -1.36. The first-order valence-corrected chi connectivity index (χ1v) is 7.29. The van der Waals surface area contributed by atoms with Gasteiger partial charge in [0.05, 0.1) is 12.2 Å². The van der Waals surface area contributed by atoms with Gasteiger partial charge in [0, 0.05) is 44.0 Å². The molecule has 1 aromatic heterocycles. The van der Waals surface area contributed by atoms with Crippen molar-refractivity contribution >= 4 is 5.91 Å². The topological polar surface area (TPSA) is 64.1 Å². The summed E-state index contributed by atoms with van der Waals surface area (Å²) in [4.78, 5) is 18.6. The van der Waals surface area contributed by atoms with E-state index in [0.29, 0.717) is 12.6 Å². The summed E-state index contributed by atoms with van der Waals surface area (Å²) in [7, 11) is 0. The standard InChI is InChI=1S/C14H22N4O/c15-8-11(14(19)17-5-1-2-6-17)7-13-9-16-10-18(13)12-3-4-12/h9-12H,1-8,15H2. The Bertz CT molecular complexity index is 446. The average molecular weight is 262 g/mol. The van der Waals surface area contributed by atoms with Crippen LogP contribution in [0.5, 0.6) is 0 Å². The minimum Gasteiger partial charge on any atom is -0.342 e. The lowest BCUT2D eigenvalue weighted by molar-refractivity contribution is -0.134. The van der Waals surface area contributed by atoms with E-state index < -0.39 is 0 Å². The number of aromatic nitrogens is 2. The summed E-state index contributed by atoms with van der Waals surface area (Å²) in [6, 6.07) is 0.609. The maximum absolute atomic E-state index is 12.4. The molecule has 1 aliphatic heterocycles. The molecule has 2 heterocycles. The largest absolute Gasteiger partial charge is 0.342 e. The van der Waals surface area contributed by atoms with E-state index in [4.69, 9.17) is 5.73 Å². The van der Waals surface area contributed by atoms with Crippen LogP contribution in [0.3, 0.4) is 0 Å². The first-order chi connectivity index (χ1) is 9.29. The molecule has 1 amide bonds. The summed E-state index contributed by atoms with van der Waals surface area (Å²) in [5.74, 6) is 0.135. The smallest absolute Gasteiger partial charge is 0.227 e. The predicted molar refractivity (Wildman–Crippen MR) is 72.6 cm³/mol. The third kappa shape index (κ3) is 2.66. The van der Waals surface area contributed by atoms with Crippen molar-refractivity contribution in [3.63, 3.8) is 0 Å². The van der Waals surface area contributed by atoms with E-state index in [1.54, 1.807) is 0 Å². The number of rotatable bonds is 5. The Morgan fingerprint density at radius 1 is 1.42 bits per heavy atom. The molecule has 0 radical (unpaired) electrons. The second-order valence-corrected chi connectivity index (χ2v) is 5.69. The lowest BCUT2D eigenvalue weighted by atomic mass is 10.0. The van der Waals surface area contributed by atoms with Crippen molar-refractivity contribution in [3.05, 3.63) is 18.2 Å². The number of carbonyl (C=O) groups is 1. The Kier molecular flexibility index (Phi) is 3.55. The van der Waals surface area contributed by atoms with Gasteiger partial charge in [-0.25, -0.2) is 4.98 Å². The zero-order valence-corrected chi connectivity index (χ0v) is 11.3. The fourth-order valence-corrected chi connectivity index (χ4v) is 2.89. The Morgan fingerprint density at radius 3 is 2.79 bits per heavy atom. The van der Waals surface area contributed by atoms with Crippen molar-refractivity contribution in [2.24, 2.45) is 11.7 Å². The van der Waals surface area contributed by atoms with Crippen molar-refractivity contribution in [2.45, 2.75) is 38.1 Å². The number of imidazole rings is 1. The summed E-state index contributed by atoms with van der Waals surface area (Å²) in [6.45, 7) is 2.22. The van der Waals surface area contributed by atoms with Crippen molar-refractivity contribution < 1.29 is 4.79 Å². The van der Waals surface area contributed by atoms with Crippen LogP contribution in [0, 0.1) is 5.92 Å². The van der Waals surface area contributed by atoms with Crippen LogP contribution in [0.2, 0.25) is 0 Å². The third-order valence-electron chi connectivity index (χ3n) is 4.19. The van der Waals surface area contributed by atoms with Crippen LogP contribution in [0.1, 0.15) is 37.4 Å². The molecule has 1 saturated heterocycles. The predicted octanol–water partition coefficient (Wildman–Crippen LogP) is 0.958. The van der Waals surface area contributed by atoms with E-state index in [9.17, 15) is 4.79 Å².